The molecule has 1 saturated heterocycles. The molecule has 1 amide bonds. The molecule has 0 unspecified atom stereocenters. The summed E-state index contributed by atoms with van der Waals surface area (Å²) in [4.78, 5) is 12.5. The Morgan fingerprint density at radius 2 is 1.83 bits per heavy atom. The molecule has 4 heteroatoms. The average Bonchev–Trinajstić information content (AvgIpc) is 3.06. The van der Waals surface area contributed by atoms with Crippen LogP contribution in [0.3, 0.4) is 0 Å². The second kappa shape index (κ2) is 7.62. The summed E-state index contributed by atoms with van der Waals surface area (Å²) in [6, 6.07) is 18.0. The van der Waals surface area contributed by atoms with E-state index in [1.807, 2.05) is 42.5 Å². The van der Waals surface area contributed by atoms with E-state index in [0.717, 1.165) is 24.5 Å². The first-order valence-electron chi connectivity index (χ1n) is 8.02. The van der Waals surface area contributed by atoms with Crippen LogP contribution in [0, 0.1) is 5.92 Å². The quantitative estimate of drug-likeness (QED) is 0.886. The monoisotopic (exact) mass is 328 g/mol. The van der Waals surface area contributed by atoms with Gasteiger partial charge in [-0.05, 0) is 29.7 Å². The van der Waals surface area contributed by atoms with Crippen LogP contribution in [-0.4, -0.2) is 25.5 Å². The number of carbonyl (C=O) groups excluding carboxylic acids is 1. The zero-order valence-corrected chi connectivity index (χ0v) is 13.7. The maximum Gasteiger partial charge on any atom is 0.225 e. The minimum absolute atomic E-state index is 0.0213. The van der Waals surface area contributed by atoms with Gasteiger partial charge in [0.25, 0.3) is 0 Å². The van der Waals surface area contributed by atoms with Crippen LogP contribution < -0.4 is 10.6 Å². The van der Waals surface area contributed by atoms with E-state index in [2.05, 4.69) is 22.8 Å². The molecular formula is C19H21ClN2O. The SMILES string of the molecule is O=C(NCCc1ccccc1)[C@@H]1CNC[C@H]1c1ccc(Cl)cc1. The van der Waals surface area contributed by atoms with Crippen molar-refractivity contribution in [3.05, 3.63) is 70.7 Å². The summed E-state index contributed by atoms with van der Waals surface area (Å²) in [5.41, 5.74) is 2.41. The molecule has 120 valence electrons. The minimum Gasteiger partial charge on any atom is -0.355 e. The predicted molar refractivity (Wildman–Crippen MR) is 93.7 cm³/mol. The van der Waals surface area contributed by atoms with Crippen molar-refractivity contribution in [1.82, 2.24) is 10.6 Å². The third-order valence-electron chi connectivity index (χ3n) is 4.40. The third kappa shape index (κ3) is 4.12. The molecule has 1 aliphatic rings. The Labute approximate surface area is 142 Å². The number of hydrogen-bond donors (Lipinski definition) is 2. The topological polar surface area (TPSA) is 41.1 Å². The molecule has 2 aromatic rings. The van der Waals surface area contributed by atoms with Gasteiger partial charge in [-0.3, -0.25) is 4.79 Å². The summed E-state index contributed by atoms with van der Waals surface area (Å²) in [6.07, 6.45) is 0.859. The summed E-state index contributed by atoms with van der Waals surface area (Å²) in [5.74, 6) is 0.321. The van der Waals surface area contributed by atoms with Gasteiger partial charge < -0.3 is 10.6 Å². The van der Waals surface area contributed by atoms with E-state index in [-0.39, 0.29) is 17.7 Å². The van der Waals surface area contributed by atoms with E-state index in [1.54, 1.807) is 0 Å². The van der Waals surface area contributed by atoms with E-state index < -0.39 is 0 Å². The molecule has 3 rings (SSSR count). The van der Waals surface area contributed by atoms with Gasteiger partial charge in [0.15, 0.2) is 0 Å². The maximum atomic E-state index is 12.5. The number of hydrogen-bond acceptors (Lipinski definition) is 2. The molecule has 23 heavy (non-hydrogen) atoms. The molecule has 0 aromatic heterocycles. The first kappa shape index (κ1) is 16.0. The summed E-state index contributed by atoms with van der Waals surface area (Å²) >= 11 is 5.95. The van der Waals surface area contributed by atoms with Gasteiger partial charge in [-0.2, -0.15) is 0 Å². The highest BCUT2D eigenvalue weighted by Gasteiger charge is 2.33. The van der Waals surface area contributed by atoms with Crippen molar-refractivity contribution >= 4 is 17.5 Å². The van der Waals surface area contributed by atoms with Crippen LogP contribution in [0.15, 0.2) is 54.6 Å². The van der Waals surface area contributed by atoms with Crippen LogP contribution in [0.4, 0.5) is 0 Å². The number of rotatable bonds is 5. The Balaban J connectivity index is 1.56. The van der Waals surface area contributed by atoms with Crippen LogP contribution in [-0.2, 0) is 11.2 Å². The standard InChI is InChI=1S/C19H21ClN2O/c20-16-8-6-15(7-9-16)17-12-21-13-18(17)19(23)22-11-10-14-4-2-1-3-5-14/h1-9,17-18,21H,10-13H2,(H,22,23)/t17-,18+/m0/s1. The van der Waals surface area contributed by atoms with E-state index in [9.17, 15) is 4.79 Å². The molecule has 3 nitrogen and oxygen atoms in total. The zero-order valence-electron chi connectivity index (χ0n) is 13.0. The number of amides is 1. The van der Waals surface area contributed by atoms with Crippen molar-refractivity contribution in [2.75, 3.05) is 19.6 Å². The van der Waals surface area contributed by atoms with Crippen molar-refractivity contribution in [3.8, 4) is 0 Å². The Morgan fingerprint density at radius 1 is 1.09 bits per heavy atom. The highest BCUT2D eigenvalue weighted by Crippen LogP contribution is 2.29. The van der Waals surface area contributed by atoms with Gasteiger partial charge in [0.2, 0.25) is 5.91 Å². The predicted octanol–water partition coefficient (Wildman–Crippen LogP) is 3.00. The van der Waals surface area contributed by atoms with E-state index in [4.69, 9.17) is 11.6 Å². The lowest BCUT2D eigenvalue weighted by Gasteiger charge is -2.18. The molecule has 2 aromatic carbocycles. The zero-order chi connectivity index (χ0) is 16.1. The summed E-state index contributed by atoms with van der Waals surface area (Å²) < 4.78 is 0. The largest absolute Gasteiger partial charge is 0.355 e. The molecule has 1 fully saturated rings. The third-order valence-corrected chi connectivity index (χ3v) is 4.66. The Hall–Kier alpha value is -1.84. The van der Waals surface area contributed by atoms with Gasteiger partial charge >= 0.3 is 0 Å². The lowest BCUT2D eigenvalue weighted by atomic mass is 9.88. The maximum absolute atomic E-state index is 12.5. The fraction of sp³-hybridized carbons (Fsp3) is 0.316. The molecule has 0 aliphatic carbocycles. The first-order chi connectivity index (χ1) is 11.2. The number of nitrogens with one attached hydrogen (secondary N) is 2. The van der Waals surface area contributed by atoms with Crippen molar-refractivity contribution in [2.24, 2.45) is 5.92 Å². The van der Waals surface area contributed by atoms with Crippen LogP contribution in [0.25, 0.3) is 0 Å². The lowest BCUT2D eigenvalue weighted by molar-refractivity contribution is -0.124. The van der Waals surface area contributed by atoms with Gasteiger partial charge in [-0.25, -0.2) is 0 Å². The fourth-order valence-corrected chi connectivity index (χ4v) is 3.25. The smallest absolute Gasteiger partial charge is 0.225 e. The molecule has 2 N–H and O–H groups in total. The molecule has 2 atom stereocenters. The molecule has 0 spiro atoms. The van der Waals surface area contributed by atoms with Crippen molar-refractivity contribution in [2.45, 2.75) is 12.3 Å². The van der Waals surface area contributed by atoms with Gasteiger partial charge in [-0.15, -0.1) is 0 Å². The highest BCUT2D eigenvalue weighted by atomic mass is 35.5. The van der Waals surface area contributed by atoms with Crippen LogP contribution >= 0.6 is 11.6 Å². The van der Waals surface area contributed by atoms with Crippen LogP contribution in [0.5, 0.6) is 0 Å². The van der Waals surface area contributed by atoms with Gasteiger partial charge in [0.05, 0.1) is 5.92 Å². The lowest BCUT2D eigenvalue weighted by Crippen LogP contribution is -2.35. The summed E-state index contributed by atoms with van der Waals surface area (Å²) in [5, 5.41) is 7.14. The second-order valence-corrected chi connectivity index (χ2v) is 6.39. The number of benzene rings is 2. The second-order valence-electron chi connectivity index (χ2n) is 5.95. The van der Waals surface area contributed by atoms with E-state index in [0.29, 0.717) is 6.54 Å². The molecular weight excluding hydrogens is 308 g/mol. The first-order valence-corrected chi connectivity index (χ1v) is 8.39. The fourth-order valence-electron chi connectivity index (χ4n) is 3.12. The molecule has 1 heterocycles. The molecule has 0 bridgehead atoms. The molecule has 0 radical (unpaired) electrons. The average molecular weight is 329 g/mol. The van der Waals surface area contributed by atoms with Crippen molar-refractivity contribution in [1.29, 1.82) is 0 Å². The molecule has 0 saturated carbocycles. The highest BCUT2D eigenvalue weighted by molar-refractivity contribution is 6.30. The Morgan fingerprint density at radius 3 is 2.57 bits per heavy atom. The Bertz CT molecular complexity index is 642. The van der Waals surface area contributed by atoms with Gasteiger partial charge in [0.1, 0.15) is 0 Å². The van der Waals surface area contributed by atoms with Crippen LogP contribution in [0.1, 0.15) is 17.0 Å². The van der Waals surface area contributed by atoms with Gasteiger partial charge in [-0.1, -0.05) is 54.1 Å². The Kier molecular flexibility index (Phi) is 5.31. The number of carbonyl (C=O) groups is 1. The van der Waals surface area contributed by atoms with E-state index >= 15 is 0 Å². The van der Waals surface area contributed by atoms with Gasteiger partial charge in [0, 0.05) is 30.6 Å². The summed E-state index contributed by atoms with van der Waals surface area (Å²) in [7, 11) is 0. The van der Waals surface area contributed by atoms with Crippen LogP contribution in [0.2, 0.25) is 5.02 Å². The minimum atomic E-state index is -0.0213. The number of halogens is 1. The summed E-state index contributed by atoms with van der Waals surface area (Å²) in [6.45, 7) is 2.23. The normalized spacial score (nSPS) is 20.4. The van der Waals surface area contributed by atoms with Crippen molar-refractivity contribution < 1.29 is 4.79 Å². The molecule has 1 aliphatic heterocycles. The van der Waals surface area contributed by atoms with Crippen molar-refractivity contribution in [3.63, 3.8) is 0 Å². The van der Waals surface area contributed by atoms with E-state index in [1.165, 1.54) is 11.1 Å².